The molecule has 260 valence electrons. The number of hydrogen-bond acceptors (Lipinski definition) is 11. The number of alkyl halides is 2. The van der Waals surface area contributed by atoms with Gasteiger partial charge in [0, 0.05) is 38.8 Å². The van der Waals surface area contributed by atoms with Gasteiger partial charge in [0.05, 0.1) is 49.7 Å². The van der Waals surface area contributed by atoms with Crippen LogP contribution in [0.1, 0.15) is 31.2 Å². The Morgan fingerprint density at radius 3 is 2.32 bits per heavy atom. The maximum absolute atomic E-state index is 14.9. The average Bonchev–Trinajstić information content (AvgIpc) is 3.02. The predicted molar refractivity (Wildman–Crippen MR) is 164 cm³/mol. The summed E-state index contributed by atoms with van der Waals surface area (Å²) in [5.41, 5.74) is -1.66. The van der Waals surface area contributed by atoms with Crippen molar-refractivity contribution >= 4 is 23.5 Å². The third-order valence-electron chi connectivity index (χ3n) is 9.56. The Kier molecular flexibility index (Phi) is 11.2. The number of aromatic nitrogens is 2. The van der Waals surface area contributed by atoms with E-state index in [1.807, 2.05) is 0 Å². The van der Waals surface area contributed by atoms with Crippen LogP contribution in [-0.4, -0.2) is 140 Å². The maximum atomic E-state index is 14.9. The number of piperidine rings is 1. The maximum Gasteiger partial charge on any atom is 0.281 e. The first-order chi connectivity index (χ1) is 22.3. The molecule has 0 unspecified atom stereocenters. The number of amides is 1. The molecule has 5 N–H and O–H groups in total. The second kappa shape index (κ2) is 14.8. The highest BCUT2D eigenvalue weighted by atomic mass is 35.5. The molecule has 1 aromatic heterocycles. The van der Waals surface area contributed by atoms with Gasteiger partial charge in [-0.1, -0.05) is 17.7 Å². The monoisotopic (exact) mass is 687 g/mol. The molecule has 3 saturated heterocycles. The van der Waals surface area contributed by atoms with Crippen LogP contribution < -0.4 is 9.64 Å². The van der Waals surface area contributed by atoms with E-state index >= 15 is 0 Å². The summed E-state index contributed by atoms with van der Waals surface area (Å²) >= 11 is 5.87. The zero-order chi connectivity index (χ0) is 33.9. The van der Waals surface area contributed by atoms with Crippen LogP contribution in [0.15, 0.2) is 30.6 Å². The molecule has 47 heavy (non-hydrogen) atoms. The number of aliphatic hydroxyl groups is 5. The number of likely N-dealkylation sites (tertiary alicyclic amines) is 2. The van der Waals surface area contributed by atoms with Crippen molar-refractivity contribution < 1.29 is 48.2 Å². The van der Waals surface area contributed by atoms with Crippen molar-refractivity contribution in [2.75, 3.05) is 57.4 Å². The first-order valence-corrected chi connectivity index (χ1v) is 16.1. The fourth-order valence-electron chi connectivity index (χ4n) is 6.50. The fraction of sp³-hybridized carbons (Fsp3) is 0.645. The van der Waals surface area contributed by atoms with Crippen LogP contribution in [0.2, 0.25) is 5.02 Å². The minimum absolute atomic E-state index is 0.104. The summed E-state index contributed by atoms with van der Waals surface area (Å²) in [5, 5.41) is 49.1. The lowest BCUT2D eigenvalue weighted by molar-refractivity contribution is -0.294. The second-order valence-electron chi connectivity index (χ2n) is 12.7. The van der Waals surface area contributed by atoms with Gasteiger partial charge in [0.1, 0.15) is 35.4 Å². The molecule has 0 aliphatic carbocycles. The number of nitrogens with zero attached hydrogens (tertiary/aromatic N) is 5. The second-order valence-corrected chi connectivity index (χ2v) is 13.2. The number of β-amino-alcohol motifs (C(OH)–C–C–N with tert-alkyl or cyclic N) is 1. The molecule has 0 bridgehead atoms. The van der Waals surface area contributed by atoms with Crippen molar-refractivity contribution in [3.8, 4) is 5.75 Å². The molecule has 1 aromatic carbocycles. The predicted octanol–water partition coefficient (Wildman–Crippen LogP) is 0.855. The average molecular weight is 688 g/mol. The van der Waals surface area contributed by atoms with Gasteiger partial charge >= 0.3 is 0 Å². The van der Waals surface area contributed by atoms with E-state index in [0.29, 0.717) is 29.2 Å². The van der Waals surface area contributed by atoms with E-state index < -0.39 is 67.3 Å². The number of benzene rings is 1. The Hall–Kier alpha value is -2.79. The minimum Gasteiger partial charge on any atom is -0.493 e. The van der Waals surface area contributed by atoms with Crippen LogP contribution in [0, 0.1) is 11.7 Å². The molecule has 0 saturated carbocycles. The van der Waals surface area contributed by atoms with Gasteiger partial charge in [-0.15, -0.1) is 0 Å². The summed E-state index contributed by atoms with van der Waals surface area (Å²) in [5.74, 6) is -2.81. The number of carbonyl (C=O) groups is 1. The topological polar surface area (TPSA) is 163 Å². The highest BCUT2D eigenvalue weighted by molar-refractivity contribution is 6.30. The Labute approximate surface area is 275 Å². The molecule has 5 rings (SSSR count). The Bertz CT molecular complexity index is 1370. The smallest absolute Gasteiger partial charge is 0.281 e. The standard InChI is InChI=1S/C31H41ClF3N5O7/c32-21-12-36-29(37-13-21)38-7-5-19(6-8-38)2-1-9-47-22-4-3-20(23(33)11-22)10-26(44)39-16-30(17-39)31(34,35)18-40(30)14-24(42)27(45)28(46)25(43)15-41/h3-4,11-13,19,24-25,27-28,41-43,45-46H,1-2,5-10,14-18H2/t24-,25+,27+,28+/m0/s1. The first-order valence-electron chi connectivity index (χ1n) is 15.7. The van der Waals surface area contributed by atoms with Gasteiger partial charge in [-0.25, -0.2) is 23.1 Å². The van der Waals surface area contributed by atoms with Crippen molar-refractivity contribution in [2.24, 2.45) is 5.92 Å². The van der Waals surface area contributed by atoms with E-state index in [4.69, 9.17) is 21.4 Å². The van der Waals surface area contributed by atoms with Crippen LogP contribution in [-0.2, 0) is 11.2 Å². The number of aliphatic hydroxyl groups excluding tert-OH is 5. The molecule has 1 spiro atoms. The van der Waals surface area contributed by atoms with Crippen molar-refractivity contribution in [1.29, 1.82) is 0 Å². The third-order valence-corrected chi connectivity index (χ3v) is 9.76. The number of carbonyl (C=O) groups excluding carboxylic acids is 1. The normalized spacial score (nSPS) is 21.9. The molecule has 1 amide bonds. The number of anilines is 1. The molecule has 0 radical (unpaired) electrons. The molecule has 16 heteroatoms. The minimum atomic E-state index is -3.17. The highest BCUT2D eigenvalue weighted by Gasteiger charge is 2.72. The van der Waals surface area contributed by atoms with Gasteiger partial charge in [-0.2, -0.15) is 0 Å². The molecule has 2 aromatic rings. The van der Waals surface area contributed by atoms with Crippen molar-refractivity contribution in [2.45, 2.75) is 68.0 Å². The molecular weight excluding hydrogens is 647 g/mol. The van der Waals surface area contributed by atoms with E-state index in [1.54, 1.807) is 18.5 Å². The summed E-state index contributed by atoms with van der Waals surface area (Å²) < 4.78 is 49.9. The Morgan fingerprint density at radius 1 is 1.04 bits per heavy atom. The van der Waals surface area contributed by atoms with Gasteiger partial charge in [-0.3, -0.25) is 9.69 Å². The lowest BCUT2D eigenvalue weighted by Gasteiger charge is -2.66. The molecule has 4 heterocycles. The van der Waals surface area contributed by atoms with Crippen molar-refractivity contribution in [3.63, 3.8) is 0 Å². The SMILES string of the molecule is O=C(Cc1ccc(OCCCC2CCN(c3ncc(Cl)cn3)CC2)cc1F)N1CC2(C1)N(C[C@H](O)[C@@H](O)[C@H](O)[C@H](O)CO)CC2(F)F. The van der Waals surface area contributed by atoms with Gasteiger partial charge < -0.3 is 40.1 Å². The van der Waals surface area contributed by atoms with Crippen LogP contribution >= 0.6 is 11.6 Å². The van der Waals surface area contributed by atoms with E-state index in [0.717, 1.165) is 38.8 Å². The summed E-state index contributed by atoms with van der Waals surface area (Å²) in [6, 6.07) is 4.23. The summed E-state index contributed by atoms with van der Waals surface area (Å²) in [7, 11) is 0. The van der Waals surface area contributed by atoms with E-state index in [1.165, 1.54) is 21.9 Å². The molecule has 12 nitrogen and oxygen atoms in total. The zero-order valence-corrected chi connectivity index (χ0v) is 26.5. The molecule has 3 aliphatic heterocycles. The van der Waals surface area contributed by atoms with E-state index in [9.17, 15) is 38.4 Å². The number of hydrogen-bond donors (Lipinski definition) is 5. The molecule has 3 fully saturated rings. The lowest BCUT2D eigenvalue weighted by atomic mass is 9.73. The summed E-state index contributed by atoms with van der Waals surface area (Å²) in [6.45, 7) is -0.655. The molecule has 4 atom stereocenters. The quantitative estimate of drug-likeness (QED) is 0.179. The van der Waals surface area contributed by atoms with Crippen LogP contribution in [0.4, 0.5) is 19.1 Å². The number of rotatable bonds is 14. The third kappa shape index (κ3) is 7.77. The van der Waals surface area contributed by atoms with Crippen LogP contribution in [0.3, 0.4) is 0 Å². The van der Waals surface area contributed by atoms with Crippen molar-refractivity contribution in [1.82, 2.24) is 19.8 Å². The van der Waals surface area contributed by atoms with Gasteiger partial charge in [0.2, 0.25) is 11.9 Å². The highest BCUT2D eigenvalue weighted by Crippen LogP contribution is 2.50. The Balaban J connectivity index is 1.03. The Morgan fingerprint density at radius 2 is 1.70 bits per heavy atom. The first kappa shape index (κ1) is 35.5. The molecule has 3 aliphatic rings. The molecular formula is C31H41ClF3N5O7. The lowest BCUT2D eigenvalue weighted by Crippen LogP contribution is -2.88. The zero-order valence-electron chi connectivity index (χ0n) is 25.8. The van der Waals surface area contributed by atoms with Gasteiger partial charge in [-0.05, 0) is 43.2 Å². The van der Waals surface area contributed by atoms with Crippen LogP contribution in [0.5, 0.6) is 5.75 Å². The number of halogens is 4. The van der Waals surface area contributed by atoms with Crippen LogP contribution in [0.25, 0.3) is 0 Å². The fourth-order valence-corrected chi connectivity index (χ4v) is 6.59. The van der Waals surface area contributed by atoms with Crippen molar-refractivity contribution in [3.05, 3.63) is 47.0 Å². The number of ether oxygens (including phenoxy) is 1. The van der Waals surface area contributed by atoms with E-state index in [2.05, 4.69) is 14.9 Å². The van der Waals surface area contributed by atoms with Gasteiger partial charge in [0.15, 0.2) is 0 Å². The largest absolute Gasteiger partial charge is 0.493 e. The summed E-state index contributed by atoms with van der Waals surface area (Å²) in [6.07, 6.45) is -0.591. The summed E-state index contributed by atoms with van der Waals surface area (Å²) in [4.78, 5) is 25.9. The van der Waals surface area contributed by atoms with Gasteiger partial charge in [0.25, 0.3) is 5.92 Å². The van der Waals surface area contributed by atoms with E-state index in [-0.39, 0.29) is 25.1 Å².